The highest BCUT2D eigenvalue weighted by Crippen LogP contribution is 2.31. The van der Waals surface area contributed by atoms with Gasteiger partial charge in [-0.15, -0.1) is 0 Å². The van der Waals surface area contributed by atoms with Crippen LogP contribution in [0, 0.1) is 6.92 Å². The summed E-state index contributed by atoms with van der Waals surface area (Å²) in [6.45, 7) is 13.4. The van der Waals surface area contributed by atoms with Crippen molar-refractivity contribution >= 4 is 5.70 Å². The maximum absolute atomic E-state index is 4.42. The molecule has 2 nitrogen and oxygen atoms in total. The van der Waals surface area contributed by atoms with Gasteiger partial charge < -0.3 is 9.47 Å². The second-order valence-electron chi connectivity index (χ2n) is 6.51. The Morgan fingerprint density at radius 1 is 1.04 bits per heavy atom. The van der Waals surface area contributed by atoms with Gasteiger partial charge in [0.05, 0.1) is 0 Å². The van der Waals surface area contributed by atoms with Crippen LogP contribution in [0.2, 0.25) is 0 Å². The van der Waals surface area contributed by atoms with E-state index in [1.165, 1.54) is 46.7 Å². The number of nitrogens with zero attached hydrogens (tertiary/aromatic N) is 2. The van der Waals surface area contributed by atoms with Gasteiger partial charge in [-0.25, -0.2) is 0 Å². The number of aromatic nitrogens is 1. The first-order valence-corrected chi connectivity index (χ1v) is 8.90. The molecule has 0 amide bonds. The zero-order valence-corrected chi connectivity index (χ0v) is 14.7. The summed E-state index contributed by atoms with van der Waals surface area (Å²) in [7, 11) is 0. The molecule has 0 unspecified atom stereocenters. The normalized spacial score (nSPS) is 14.5. The molecule has 0 atom stereocenters. The van der Waals surface area contributed by atoms with Crippen LogP contribution in [0.1, 0.15) is 49.2 Å². The molecule has 0 bridgehead atoms. The first kappa shape index (κ1) is 15.9. The van der Waals surface area contributed by atoms with Crippen LogP contribution in [0.15, 0.2) is 36.9 Å². The van der Waals surface area contributed by atoms with Gasteiger partial charge in [-0.2, -0.15) is 0 Å². The Labute approximate surface area is 140 Å². The van der Waals surface area contributed by atoms with Crippen molar-refractivity contribution < 1.29 is 0 Å². The van der Waals surface area contributed by atoms with Gasteiger partial charge in [0.1, 0.15) is 0 Å². The molecule has 2 heteroatoms. The average Bonchev–Trinajstić information content (AvgIpc) is 3.22. The summed E-state index contributed by atoms with van der Waals surface area (Å²) in [5.41, 5.74) is 7.89. The zero-order chi connectivity index (χ0) is 16.4. The zero-order valence-electron chi connectivity index (χ0n) is 14.7. The Bertz CT molecular complexity index is 685. The van der Waals surface area contributed by atoms with Crippen LogP contribution in [0.5, 0.6) is 0 Å². The van der Waals surface area contributed by atoms with Crippen molar-refractivity contribution in [2.24, 2.45) is 0 Å². The third-order valence-corrected chi connectivity index (χ3v) is 4.97. The van der Waals surface area contributed by atoms with E-state index in [4.69, 9.17) is 0 Å². The highest BCUT2D eigenvalue weighted by Gasteiger charge is 2.21. The molecule has 0 aliphatic carbocycles. The van der Waals surface area contributed by atoms with Gasteiger partial charge >= 0.3 is 0 Å². The SMILES string of the molecule is C=C(c1cc(CC)n(-c2ccc(C)cc2)c1CC)N1CCCC1. The molecule has 1 aromatic carbocycles. The molecule has 23 heavy (non-hydrogen) atoms. The molecule has 1 fully saturated rings. The van der Waals surface area contributed by atoms with Crippen LogP contribution < -0.4 is 0 Å². The van der Waals surface area contributed by atoms with Crippen molar-refractivity contribution in [1.82, 2.24) is 9.47 Å². The van der Waals surface area contributed by atoms with Crippen LogP contribution in [0.25, 0.3) is 11.4 Å². The molecule has 2 heterocycles. The molecular formula is C21H28N2. The maximum atomic E-state index is 4.42. The minimum atomic E-state index is 1.02. The topological polar surface area (TPSA) is 8.17 Å². The summed E-state index contributed by atoms with van der Waals surface area (Å²) in [4.78, 5) is 2.45. The van der Waals surface area contributed by atoms with E-state index in [1.54, 1.807) is 0 Å². The summed E-state index contributed by atoms with van der Waals surface area (Å²) in [6, 6.07) is 11.2. The Morgan fingerprint density at radius 2 is 1.70 bits per heavy atom. The predicted octanol–water partition coefficient (Wildman–Crippen LogP) is 4.98. The molecule has 1 aliphatic heterocycles. The monoisotopic (exact) mass is 308 g/mol. The van der Waals surface area contributed by atoms with Crippen molar-refractivity contribution in [1.29, 1.82) is 0 Å². The lowest BCUT2D eigenvalue weighted by atomic mass is 10.1. The molecular weight excluding hydrogens is 280 g/mol. The number of rotatable bonds is 5. The van der Waals surface area contributed by atoms with Crippen molar-refractivity contribution in [2.75, 3.05) is 13.1 Å². The summed E-state index contributed by atoms with van der Waals surface area (Å²) in [5.74, 6) is 0. The molecule has 0 radical (unpaired) electrons. The maximum Gasteiger partial charge on any atom is 0.0455 e. The van der Waals surface area contributed by atoms with Gasteiger partial charge in [-0.05, 0) is 50.8 Å². The van der Waals surface area contributed by atoms with Gasteiger partial charge in [0, 0.05) is 41.4 Å². The second-order valence-corrected chi connectivity index (χ2v) is 6.51. The van der Waals surface area contributed by atoms with E-state index in [-0.39, 0.29) is 0 Å². The lowest BCUT2D eigenvalue weighted by Gasteiger charge is -2.21. The molecule has 3 rings (SSSR count). The van der Waals surface area contributed by atoms with E-state index < -0.39 is 0 Å². The van der Waals surface area contributed by atoms with Crippen LogP contribution in [-0.2, 0) is 12.8 Å². The van der Waals surface area contributed by atoms with Crippen LogP contribution >= 0.6 is 0 Å². The number of hydrogen-bond acceptors (Lipinski definition) is 1. The lowest BCUT2D eigenvalue weighted by Crippen LogP contribution is -2.17. The summed E-state index contributed by atoms with van der Waals surface area (Å²) in [6.07, 6.45) is 4.64. The fourth-order valence-corrected chi connectivity index (χ4v) is 3.64. The molecule has 0 N–H and O–H groups in total. The van der Waals surface area contributed by atoms with E-state index in [0.717, 1.165) is 25.9 Å². The summed E-state index contributed by atoms with van der Waals surface area (Å²) in [5, 5.41) is 0. The highest BCUT2D eigenvalue weighted by molar-refractivity contribution is 5.67. The van der Waals surface area contributed by atoms with Crippen LogP contribution in [0.4, 0.5) is 0 Å². The predicted molar refractivity (Wildman–Crippen MR) is 99.1 cm³/mol. The first-order valence-electron chi connectivity index (χ1n) is 8.90. The quantitative estimate of drug-likeness (QED) is 0.756. The smallest absolute Gasteiger partial charge is 0.0455 e. The third-order valence-electron chi connectivity index (χ3n) is 4.97. The minimum absolute atomic E-state index is 1.02. The molecule has 1 saturated heterocycles. The number of hydrogen-bond donors (Lipinski definition) is 0. The first-order chi connectivity index (χ1) is 11.2. The van der Waals surface area contributed by atoms with Crippen LogP contribution in [-0.4, -0.2) is 22.6 Å². The number of benzene rings is 1. The Kier molecular flexibility index (Phi) is 4.61. The fraction of sp³-hybridized carbons (Fsp3) is 0.429. The van der Waals surface area contributed by atoms with E-state index in [9.17, 15) is 0 Å². The fourth-order valence-electron chi connectivity index (χ4n) is 3.64. The molecule has 1 aliphatic rings. The van der Waals surface area contributed by atoms with E-state index in [1.807, 2.05) is 0 Å². The Hall–Kier alpha value is -1.96. The van der Waals surface area contributed by atoms with Gasteiger partial charge in [0.2, 0.25) is 0 Å². The minimum Gasteiger partial charge on any atom is -0.371 e. The van der Waals surface area contributed by atoms with Gasteiger partial charge in [-0.1, -0.05) is 38.1 Å². The lowest BCUT2D eigenvalue weighted by molar-refractivity contribution is 0.493. The Morgan fingerprint density at radius 3 is 2.26 bits per heavy atom. The van der Waals surface area contributed by atoms with Gasteiger partial charge in [0.15, 0.2) is 0 Å². The summed E-state index contributed by atoms with van der Waals surface area (Å²) >= 11 is 0. The van der Waals surface area contributed by atoms with Crippen molar-refractivity contribution in [3.05, 3.63) is 59.4 Å². The standard InChI is InChI=1S/C21H28N2/c1-5-18-15-20(17(4)22-13-7-8-14-22)21(6-2)23(18)19-11-9-16(3)10-12-19/h9-12,15H,4-8,13-14H2,1-3H3. The van der Waals surface area contributed by atoms with Gasteiger partial charge in [0.25, 0.3) is 0 Å². The molecule has 1 aromatic heterocycles. The van der Waals surface area contributed by atoms with Crippen molar-refractivity contribution in [2.45, 2.75) is 46.5 Å². The molecule has 0 spiro atoms. The van der Waals surface area contributed by atoms with Crippen molar-refractivity contribution in [3.8, 4) is 5.69 Å². The summed E-state index contributed by atoms with van der Waals surface area (Å²) < 4.78 is 2.44. The van der Waals surface area contributed by atoms with E-state index >= 15 is 0 Å². The second kappa shape index (κ2) is 6.66. The third kappa shape index (κ3) is 2.95. The van der Waals surface area contributed by atoms with Crippen LogP contribution in [0.3, 0.4) is 0 Å². The number of aryl methyl sites for hydroxylation is 2. The van der Waals surface area contributed by atoms with Crippen molar-refractivity contribution in [3.63, 3.8) is 0 Å². The Balaban J connectivity index is 2.08. The molecule has 0 saturated carbocycles. The molecule has 2 aromatic rings. The van der Waals surface area contributed by atoms with Gasteiger partial charge in [-0.3, -0.25) is 0 Å². The largest absolute Gasteiger partial charge is 0.371 e. The highest BCUT2D eigenvalue weighted by atomic mass is 15.2. The number of likely N-dealkylation sites (tertiary alicyclic amines) is 1. The van der Waals surface area contributed by atoms with E-state index in [2.05, 4.69) is 67.1 Å². The van der Waals surface area contributed by atoms with E-state index in [0.29, 0.717) is 0 Å². The molecule has 122 valence electrons. The average molecular weight is 308 g/mol.